The highest BCUT2D eigenvalue weighted by Gasteiger charge is 2.15. The first-order valence-electron chi connectivity index (χ1n) is 5.62. The third-order valence-electron chi connectivity index (χ3n) is 2.84. The van der Waals surface area contributed by atoms with Crippen LogP contribution in [0.3, 0.4) is 0 Å². The molecule has 0 saturated carbocycles. The van der Waals surface area contributed by atoms with Crippen molar-refractivity contribution in [3.63, 3.8) is 0 Å². The lowest BCUT2D eigenvalue weighted by Gasteiger charge is -2.15. The molecule has 1 atom stereocenters. The molecule has 0 amide bonds. The van der Waals surface area contributed by atoms with E-state index in [0.29, 0.717) is 11.1 Å². The Balaban J connectivity index is 2.25. The summed E-state index contributed by atoms with van der Waals surface area (Å²) in [6.45, 7) is 0. The first kappa shape index (κ1) is 14.1. The Bertz CT molecular complexity index is 601. The smallest absolute Gasteiger partial charge is 0.137 e. The van der Waals surface area contributed by atoms with Crippen LogP contribution in [0.4, 0.5) is 13.2 Å². The molecule has 2 aromatic carbocycles. The van der Waals surface area contributed by atoms with Crippen molar-refractivity contribution in [2.24, 2.45) is 5.73 Å². The van der Waals surface area contributed by atoms with Gasteiger partial charge in [0.25, 0.3) is 0 Å². The Morgan fingerprint density at radius 1 is 1.05 bits per heavy atom. The molecule has 100 valence electrons. The highest BCUT2D eigenvalue weighted by Crippen LogP contribution is 2.27. The van der Waals surface area contributed by atoms with Gasteiger partial charge in [0.05, 0.1) is 4.47 Å². The van der Waals surface area contributed by atoms with Crippen LogP contribution in [0.15, 0.2) is 40.9 Å². The molecule has 0 radical (unpaired) electrons. The fraction of sp³-hybridized carbons (Fsp3) is 0.143. The summed E-state index contributed by atoms with van der Waals surface area (Å²) >= 11 is 3.12. The number of hydrogen-bond acceptors (Lipinski definition) is 1. The van der Waals surface area contributed by atoms with Gasteiger partial charge in [0.1, 0.15) is 17.5 Å². The Morgan fingerprint density at radius 2 is 1.79 bits per heavy atom. The van der Waals surface area contributed by atoms with E-state index in [1.807, 2.05) is 0 Å². The average molecular weight is 330 g/mol. The van der Waals surface area contributed by atoms with Gasteiger partial charge < -0.3 is 5.73 Å². The molecule has 2 aromatic rings. The lowest BCUT2D eigenvalue weighted by Crippen LogP contribution is -2.15. The van der Waals surface area contributed by atoms with Crippen LogP contribution in [-0.2, 0) is 6.42 Å². The summed E-state index contributed by atoms with van der Waals surface area (Å²) in [5, 5.41) is 0. The highest BCUT2D eigenvalue weighted by atomic mass is 79.9. The highest BCUT2D eigenvalue weighted by molar-refractivity contribution is 9.10. The van der Waals surface area contributed by atoms with E-state index >= 15 is 0 Å². The van der Waals surface area contributed by atoms with Crippen molar-refractivity contribution >= 4 is 15.9 Å². The van der Waals surface area contributed by atoms with Crippen LogP contribution < -0.4 is 5.73 Å². The van der Waals surface area contributed by atoms with Crippen molar-refractivity contribution < 1.29 is 13.2 Å². The molecule has 19 heavy (non-hydrogen) atoms. The monoisotopic (exact) mass is 329 g/mol. The summed E-state index contributed by atoms with van der Waals surface area (Å²) in [6.07, 6.45) is 0.161. The van der Waals surface area contributed by atoms with Crippen molar-refractivity contribution in [1.29, 1.82) is 0 Å². The van der Waals surface area contributed by atoms with Crippen molar-refractivity contribution in [2.75, 3.05) is 0 Å². The summed E-state index contributed by atoms with van der Waals surface area (Å²) in [5.74, 6) is -1.71. The molecule has 2 N–H and O–H groups in total. The largest absolute Gasteiger partial charge is 0.324 e. The van der Waals surface area contributed by atoms with Crippen LogP contribution in [0.1, 0.15) is 17.2 Å². The van der Waals surface area contributed by atoms with E-state index in [4.69, 9.17) is 5.73 Å². The maximum Gasteiger partial charge on any atom is 0.137 e. The van der Waals surface area contributed by atoms with E-state index in [1.165, 1.54) is 24.3 Å². The van der Waals surface area contributed by atoms with E-state index in [0.717, 1.165) is 6.07 Å². The second-order valence-corrected chi connectivity index (χ2v) is 4.98. The molecule has 0 saturated heterocycles. The predicted octanol–water partition coefficient (Wildman–Crippen LogP) is 4.11. The molecule has 0 bridgehead atoms. The van der Waals surface area contributed by atoms with E-state index in [-0.39, 0.29) is 10.9 Å². The zero-order valence-corrected chi connectivity index (χ0v) is 11.4. The summed E-state index contributed by atoms with van der Waals surface area (Å²) in [7, 11) is 0. The Labute approximate surface area is 117 Å². The van der Waals surface area contributed by atoms with Gasteiger partial charge in [-0.15, -0.1) is 0 Å². The van der Waals surface area contributed by atoms with Crippen molar-refractivity contribution in [1.82, 2.24) is 0 Å². The molecule has 0 aromatic heterocycles. The normalized spacial score (nSPS) is 12.5. The predicted molar refractivity (Wildman–Crippen MR) is 71.1 cm³/mol. The van der Waals surface area contributed by atoms with Crippen LogP contribution in [0.5, 0.6) is 0 Å². The number of hydrogen-bond donors (Lipinski definition) is 1. The van der Waals surface area contributed by atoms with E-state index in [9.17, 15) is 13.2 Å². The summed E-state index contributed by atoms with van der Waals surface area (Å²) < 4.78 is 40.0. The standard InChI is InChI=1S/C14H11BrF3N/c15-14-10(2-1-3-11(14)17)13(19)6-8-4-5-9(16)7-12(8)18/h1-5,7,13H,6,19H2. The molecular formula is C14H11BrF3N. The number of nitrogens with two attached hydrogens (primary N) is 1. The SMILES string of the molecule is NC(Cc1ccc(F)cc1F)c1cccc(F)c1Br. The maximum atomic E-state index is 13.5. The molecule has 0 fully saturated rings. The first-order chi connectivity index (χ1) is 8.99. The van der Waals surface area contributed by atoms with Crippen LogP contribution in [0.2, 0.25) is 0 Å². The number of halogens is 4. The number of rotatable bonds is 3. The van der Waals surface area contributed by atoms with Crippen molar-refractivity contribution in [3.05, 3.63) is 69.4 Å². The fourth-order valence-corrected chi connectivity index (χ4v) is 2.40. The molecule has 0 aliphatic carbocycles. The van der Waals surface area contributed by atoms with Crippen molar-refractivity contribution in [3.8, 4) is 0 Å². The van der Waals surface area contributed by atoms with Gasteiger partial charge in [-0.25, -0.2) is 13.2 Å². The van der Waals surface area contributed by atoms with Gasteiger partial charge in [-0.05, 0) is 45.6 Å². The minimum absolute atomic E-state index is 0.161. The van der Waals surface area contributed by atoms with Crippen molar-refractivity contribution in [2.45, 2.75) is 12.5 Å². The molecule has 1 nitrogen and oxygen atoms in total. The average Bonchev–Trinajstić information content (AvgIpc) is 2.36. The maximum absolute atomic E-state index is 13.5. The van der Waals surface area contributed by atoms with E-state index in [1.54, 1.807) is 6.07 Å². The summed E-state index contributed by atoms with van der Waals surface area (Å²) in [5.41, 5.74) is 6.79. The van der Waals surface area contributed by atoms with Gasteiger partial charge in [-0.1, -0.05) is 18.2 Å². The van der Waals surface area contributed by atoms with Gasteiger partial charge in [-0.2, -0.15) is 0 Å². The van der Waals surface area contributed by atoms with Crippen LogP contribution in [-0.4, -0.2) is 0 Å². The fourth-order valence-electron chi connectivity index (χ4n) is 1.84. The van der Waals surface area contributed by atoms with Crippen LogP contribution >= 0.6 is 15.9 Å². The van der Waals surface area contributed by atoms with Gasteiger partial charge in [0, 0.05) is 12.1 Å². The van der Waals surface area contributed by atoms with Gasteiger partial charge in [0.15, 0.2) is 0 Å². The minimum atomic E-state index is -0.650. The first-order valence-corrected chi connectivity index (χ1v) is 6.41. The topological polar surface area (TPSA) is 26.0 Å². The lowest BCUT2D eigenvalue weighted by molar-refractivity contribution is 0.561. The molecule has 0 aliphatic rings. The zero-order valence-electron chi connectivity index (χ0n) is 9.84. The number of benzene rings is 2. The summed E-state index contributed by atoms with van der Waals surface area (Å²) in [4.78, 5) is 0. The lowest BCUT2D eigenvalue weighted by atomic mass is 9.99. The zero-order chi connectivity index (χ0) is 14.0. The second kappa shape index (κ2) is 5.75. The second-order valence-electron chi connectivity index (χ2n) is 4.19. The molecule has 2 rings (SSSR count). The van der Waals surface area contributed by atoms with Gasteiger partial charge in [0.2, 0.25) is 0 Å². The Hall–Kier alpha value is -1.33. The minimum Gasteiger partial charge on any atom is -0.324 e. The summed E-state index contributed by atoms with van der Waals surface area (Å²) in [6, 6.07) is 7.26. The van der Waals surface area contributed by atoms with Gasteiger partial charge >= 0.3 is 0 Å². The Morgan fingerprint density at radius 3 is 2.47 bits per heavy atom. The third kappa shape index (κ3) is 3.16. The van der Waals surface area contributed by atoms with Gasteiger partial charge in [-0.3, -0.25) is 0 Å². The van der Waals surface area contributed by atoms with E-state index < -0.39 is 23.5 Å². The quantitative estimate of drug-likeness (QED) is 0.901. The molecule has 0 aliphatic heterocycles. The molecule has 0 heterocycles. The third-order valence-corrected chi connectivity index (χ3v) is 3.67. The van der Waals surface area contributed by atoms with Crippen LogP contribution in [0.25, 0.3) is 0 Å². The molecular weight excluding hydrogens is 319 g/mol. The Kier molecular flexibility index (Phi) is 4.27. The molecule has 1 unspecified atom stereocenters. The van der Waals surface area contributed by atoms with Crippen LogP contribution in [0, 0.1) is 17.5 Å². The molecule has 5 heteroatoms. The van der Waals surface area contributed by atoms with E-state index in [2.05, 4.69) is 15.9 Å². The molecule has 0 spiro atoms.